The Balaban J connectivity index is 2.96. The molecule has 13 heavy (non-hydrogen) atoms. The lowest BCUT2D eigenvalue weighted by molar-refractivity contribution is -0.139. The minimum absolute atomic E-state index is 0.204. The topological polar surface area (TPSA) is 105 Å². The quantitative estimate of drug-likeness (QED) is 0.603. The predicted octanol–water partition coefficient (Wildman–Crippen LogP) is -0.158. The van der Waals surface area contributed by atoms with Gasteiger partial charge in [-0.05, 0) is 6.42 Å². The number of aromatic nitrogens is 3. The van der Waals surface area contributed by atoms with E-state index in [9.17, 15) is 4.79 Å². The fourth-order valence-corrected chi connectivity index (χ4v) is 1.18. The largest absolute Gasteiger partial charge is 0.481 e. The van der Waals surface area contributed by atoms with Crippen molar-refractivity contribution in [3.8, 4) is 0 Å². The van der Waals surface area contributed by atoms with Gasteiger partial charge in [0.05, 0.1) is 0 Å². The Morgan fingerprint density at radius 3 is 2.85 bits per heavy atom. The Kier molecular flexibility index (Phi) is 2.97. The molecule has 0 bridgehead atoms. The maximum absolute atomic E-state index is 10.8. The van der Waals surface area contributed by atoms with Crippen molar-refractivity contribution in [2.75, 3.05) is 0 Å². The van der Waals surface area contributed by atoms with Gasteiger partial charge in [0.25, 0.3) is 0 Å². The van der Waals surface area contributed by atoms with Gasteiger partial charge < -0.3 is 10.8 Å². The van der Waals surface area contributed by atoms with Crippen molar-refractivity contribution in [1.82, 2.24) is 15.4 Å². The first kappa shape index (κ1) is 9.66. The van der Waals surface area contributed by atoms with Crippen molar-refractivity contribution >= 4 is 5.97 Å². The van der Waals surface area contributed by atoms with Gasteiger partial charge in [-0.3, -0.25) is 4.79 Å². The molecule has 1 aromatic rings. The monoisotopic (exact) mass is 184 g/mol. The molecule has 0 saturated carbocycles. The van der Waals surface area contributed by atoms with Gasteiger partial charge >= 0.3 is 5.97 Å². The molecule has 1 aromatic heterocycles. The number of aliphatic carboxylic acids is 1. The molecule has 1 atom stereocenters. The maximum Gasteiger partial charge on any atom is 0.312 e. The summed E-state index contributed by atoms with van der Waals surface area (Å²) in [5.41, 5.74) is 6.34. The van der Waals surface area contributed by atoms with E-state index >= 15 is 0 Å². The van der Waals surface area contributed by atoms with Crippen LogP contribution in [0.1, 0.15) is 30.7 Å². The third kappa shape index (κ3) is 1.83. The van der Waals surface area contributed by atoms with E-state index in [1.807, 2.05) is 0 Å². The van der Waals surface area contributed by atoms with Gasteiger partial charge in [0.15, 0.2) is 0 Å². The van der Waals surface area contributed by atoms with E-state index in [0.717, 1.165) is 0 Å². The summed E-state index contributed by atoms with van der Waals surface area (Å²) in [4.78, 5) is 10.8. The van der Waals surface area contributed by atoms with Crippen molar-refractivity contribution in [2.45, 2.75) is 25.8 Å². The van der Waals surface area contributed by atoms with E-state index in [4.69, 9.17) is 10.8 Å². The van der Waals surface area contributed by atoms with Crippen LogP contribution in [0.2, 0.25) is 0 Å². The molecular formula is C7H12N4O2. The molecule has 0 aliphatic rings. The zero-order chi connectivity index (χ0) is 9.84. The number of hydrogen-bond acceptors (Lipinski definition) is 4. The molecule has 0 fully saturated rings. The Bertz CT molecular complexity index is 296. The van der Waals surface area contributed by atoms with Crippen LogP contribution in [0.15, 0.2) is 0 Å². The van der Waals surface area contributed by atoms with Gasteiger partial charge in [-0.15, -0.1) is 0 Å². The average Bonchev–Trinajstić information content (AvgIpc) is 2.53. The Labute approximate surface area is 75.1 Å². The number of carboxylic acid groups (broad SMARTS) is 1. The van der Waals surface area contributed by atoms with Crippen molar-refractivity contribution < 1.29 is 9.90 Å². The van der Waals surface area contributed by atoms with Gasteiger partial charge in [0, 0.05) is 6.54 Å². The molecule has 0 radical (unpaired) electrons. The van der Waals surface area contributed by atoms with E-state index in [1.54, 1.807) is 6.92 Å². The number of carbonyl (C=O) groups is 1. The molecule has 4 N–H and O–H groups in total. The normalized spacial score (nSPS) is 12.8. The molecule has 0 saturated heterocycles. The van der Waals surface area contributed by atoms with Gasteiger partial charge in [0.1, 0.15) is 17.3 Å². The Morgan fingerprint density at radius 1 is 1.69 bits per heavy atom. The summed E-state index contributed by atoms with van der Waals surface area (Å²) < 4.78 is 0. The molecule has 6 nitrogen and oxygen atoms in total. The summed E-state index contributed by atoms with van der Waals surface area (Å²) in [6.07, 6.45) is 0.481. The van der Waals surface area contributed by atoms with E-state index in [2.05, 4.69) is 15.4 Å². The van der Waals surface area contributed by atoms with Gasteiger partial charge in [0.2, 0.25) is 0 Å². The summed E-state index contributed by atoms with van der Waals surface area (Å²) in [7, 11) is 0. The second kappa shape index (κ2) is 3.99. The van der Waals surface area contributed by atoms with E-state index < -0.39 is 11.9 Å². The van der Waals surface area contributed by atoms with Crippen molar-refractivity contribution in [2.24, 2.45) is 5.73 Å². The van der Waals surface area contributed by atoms with Gasteiger partial charge in [-0.1, -0.05) is 6.92 Å². The smallest absolute Gasteiger partial charge is 0.312 e. The number of aromatic amines is 1. The highest BCUT2D eigenvalue weighted by Crippen LogP contribution is 2.19. The first-order valence-corrected chi connectivity index (χ1v) is 4.03. The van der Waals surface area contributed by atoms with Gasteiger partial charge in [-0.25, -0.2) is 0 Å². The van der Waals surface area contributed by atoms with E-state index in [1.165, 1.54) is 0 Å². The third-order valence-corrected chi connectivity index (χ3v) is 1.88. The lowest BCUT2D eigenvalue weighted by Gasteiger charge is -2.06. The highest BCUT2D eigenvalue weighted by Gasteiger charge is 2.23. The zero-order valence-corrected chi connectivity index (χ0v) is 7.32. The number of carboxylic acids is 1. The number of rotatable bonds is 4. The highest BCUT2D eigenvalue weighted by molar-refractivity contribution is 5.75. The molecule has 72 valence electrons. The molecule has 0 spiro atoms. The molecule has 1 rings (SSSR count). The second-order valence-electron chi connectivity index (χ2n) is 2.66. The highest BCUT2D eigenvalue weighted by atomic mass is 16.4. The van der Waals surface area contributed by atoms with Crippen LogP contribution >= 0.6 is 0 Å². The van der Waals surface area contributed by atoms with E-state index in [-0.39, 0.29) is 6.54 Å². The van der Waals surface area contributed by atoms with Crippen molar-refractivity contribution in [1.29, 1.82) is 0 Å². The fourth-order valence-electron chi connectivity index (χ4n) is 1.18. The van der Waals surface area contributed by atoms with E-state index in [0.29, 0.717) is 17.8 Å². The summed E-state index contributed by atoms with van der Waals surface area (Å²) in [5, 5.41) is 18.8. The molecule has 0 aliphatic heterocycles. The fraction of sp³-hybridized carbons (Fsp3) is 0.571. The summed E-state index contributed by atoms with van der Waals surface area (Å²) in [6.45, 7) is 1.99. The lowest BCUT2D eigenvalue weighted by Crippen LogP contribution is -2.14. The van der Waals surface area contributed by atoms with Crippen LogP contribution in [0.3, 0.4) is 0 Å². The van der Waals surface area contributed by atoms with Crippen LogP contribution in [-0.2, 0) is 11.3 Å². The minimum atomic E-state index is -0.897. The minimum Gasteiger partial charge on any atom is -0.481 e. The molecule has 1 unspecified atom stereocenters. The van der Waals surface area contributed by atoms with Crippen LogP contribution < -0.4 is 5.73 Å². The van der Waals surface area contributed by atoms with Crippen molar-refractivity contribution in [3.05, 3.63) is 11.4 Å². The van der Waals surface area contributed by atoms with Crippen LogP contribution in [0, 0.1) is 0 Å². The summed E-state index contributed by atoms with van der Waals surface area (Å²) in [6, 6.07) is 0. The summed E-state index contributed by atoms with van der Waals surface area (Å²) >= 11 is 0. The second-order valence-corrected chi connectivity index (χ2v) is 2.66. The van der Waals surface area contributed by atoms with Crippen LogP contribution in [0.4, 0.5) is 0 Å². The number of nitrogens with zero attached hydrogens (tertiary/aromatic N) is 2. The number of nitrogens with two attached hydrogens (primary N) is 1. The van der Waals surface area contributed by atoms with Gasteiger partial charge in [-0.2, -0.15) is 15.4 Å². The Morgan fingerprint density at radius 2 is 2.38 bits per heavy atom. The molecule has 1 heterocycles. The lowest BCUT2D eigenvalue weighted by atomic mass is 10.0. The Hall–Kier alpha value is -1.43. The van der Waals surface area contributed by atoms with Crippen molar-refractivity contribution in [3.63, 3.8) is 0 Å². The molecule has 0 aliphatic carbocycles. The maximum atomic E-state index is 10.8. The SMILES string of the molecule is CCC(C(=O)O)c1n[nH]nc1CN. The van der Waals surface area contributed by atoms with Crippen LogP contribution in [0.25, 0.3) is 0 Å². The zero-order valence-electron chi connectivity index (χ0n) is 7.32. The molecular weight excluding hydrogens is 172 g/mol. The first-order valence-electron chi connectivity index (χ1n) is 4.03. The predicted molar refractivity (Wildman–Crippen MR) is 44.9 cm³/mol. The molecule has 6 heteroatoms. The number of hydrogen-bond donors (Lipinski definition) is 3. The van der Waals surface area contributed by atoms with Crippen LogP contribution in [0.5, 0.6) is 0 Å². The summed E-state index contributed by atoms with van der Waals surface area (Å²) in [5.74, 6) is -1.51. The molecule has 0 aromatic carbocycles. The average molecular weight is 184 g/mol. The third-order valence-electron chi connectivity index (χ3n) is 1.88. The number of H-pyrrole nitrogens is 1. The number of nitrogens with one attached hydrogen (secondary N) is 1. The van der Waals surface area contributed by atoms with Crippen LogP contribution in [-0.4, -0.2) is 26.5 Å². The first-order chi connectivity index (χ1) is 6.20. The molecule has 0 amide bonds. The standard InChI is InChI=1S/C7H12N4O2/c1-2-4(7(12)13)6-5(3-8)9-11-10-6/h4H,2-3,8H2,1H3,(H,12,13)(H,9,10,11).